The standard InChI is InChI=1S/C14H29IOSi/c1-9-13(11(2)10-12(3)15)16-17(7,8)14(4,5)6/h10-11,13H,9H2,1-8H3/b12-10+/t11-,13?/m1/s1. The van der Waals surface area contributed by atoms with Crippen LogP contribution in [0.15, 0.2) is 9.66 Å². The minimum atomic E-state index is -1.63. The summed E-state index contributed by atoms with van der Waals surface area (Å²) < 4.78 is 7.86. The summed E-state index contributed by atoms with van der Waals surface area (Å²) in [6, 6.07) is 0. The molecule has 0 aromatic heterocycles. The smallest absolute Gasteiger partial charge is 0.192 e. The summed E-state index contributed by atoms with van der Waals surface area (Å²) >= 11 is 2.38. The van der Waals surface area contributed by atoms with Gasteiger partial charge in [-0.25, -0.2) is 0 Å². The maximum Gasteiger partial charge on any atom is 0.192 e. The van der Waals surface area contributed by atoms with Crippen LogP contribution in [0, 0.1) is 5.92 Å². The van der Waals surface area contributed by atoms with Crippen LogP contribution in [0.1, 0.15) is 48.0 Å². The van der Waals surface area contributed by atoms with Crippen LogP contribution in [0.5, 0.6) is 0 Å². The van der Waals surface area contributed by atoms with E-state index in [2.05, 4.69) is 83.3 Å². The Labute approximate surface area is 123 Å². The van der Waals surface area contributed by atoms with Gasteiger partial charge in [0.1, 0.15) is 0 Å². The topological polar surface area (TPSA) is 9.23 Å². The second-order valence-electron chi connectivity index (χ2n) is 6.44. The molecule has 0 aliphatic heterocycles. The fourth-order valence-electron chi connectivity index (χ4n) is 1.59. The van der Waals surface area contributed by atoms with E-state index < -0.39 is 8.32 Å². The zero-order chi connectivity index (χ0) is 13.9. The molecule has 0 saturated carbocycles. The fraction of sp³-hybridized carbons (Fsp3) is 0.857. The summed E-state index contributed by atoms with van der Waals surface area (Å²) in [5.41, 5.74) is 0. The molecule has 0 N–H and O–H groups in total. The first-order valence-electron chi connectivity index (χ1n) is 6.53. The van der Waals surface area contributed by atoms with Gasteiger partial charge in [0.2, 0.25) is 0 Å². The molecule has 1 unspecified atom stereocenters. The number of allylic oxidation sites excluding steroid dienone is 1. The minimum absolute atomic E-state index is 0.295. The van der Waals surface area contributed by atoms with E-state index in [0.717, 1.165) is 6.42 Å². The van der Waals surface area contributed by atoms with Crippen LogP contribution in [-0.2, 0) is 4.43 Å². The van der Waals surface area contributed by atoms with E-state index in [1.807, 2.05) is 0 Å². The molecule has 0 aliphatic rings. The Balaban J connectivity index is 4.78. The molecule has 0 spiro atoms. The summed E-state index contributed by atoms with van der Waals surface area (Å²) in [5.74, 6) is 0.506. The summed E-state index contributed by atoms with van der Waals surface area (Å²) in [5, 5.41) is 0.295. The highest BCUT2D eigenvalue weighted by atomic mass is 127. The summed E-state index contributed by atoms with van der Waals surface area (Å²) in [4.78, 5) is 0. The summed E-state index contributed by atoms with van der Waals surface area (Å²) in [6.45, 7) is 18.2. The van der Waals surface area contributed by atoms with E-state index in [4.69, 9.17) is 4.43 Å². The van der Waals surface area contributed by atoms with Crippen LogP contribution < -0.4 is 0 Å². The van der Waals surface area contributed by atoms with Crippen molar-refractivity contribution in [3.8, 4) is 0 Å². The Morgan fingerprint density at radius 2 is 1.82 bits per heavy atom. The lowest BCUT2D eigenvalue weighted by Crippen LogP contribution is -2.45. The second-order valence-corrected chi connectivity index (χ2v) is 12.9. The van der Waals surface area contributed by atoms with Crippen molar-refractivity contribution in [3.63, 3.8) is 0 Å². The lowest BCUT2D eigenvalue weighted by atomic mass is 10.0. The molecule has 0 aromatic carbocycles. The second kappa shape index (κ2) is 6.71. The summed E-state index contributed by atoms with van der Waals surface area (Å²) in [7, 11) is -1.63. The Morgan fingerprint density at radius 3 is 2.12 bits per heavy atom. The lowest BCUT2D eigenvalue weighted by Gasteiger charge is -2.40. The zero-order valence-electron chi connectivity index (χ0n) is 12.7. The monoisotopic (exact) mass is 368 g/mol. The molecular formula is C14H29IOSi. The SMILES string of the molecule is CCC(O[Si](C)(C)C(C)(C)C)[C@H](C)/C=C(\C)I. The third-order valence-electron chi connectivity index (χ3n) is 3.73. The molecule has 0 rings (SSSR count). The maximum atomic E-state index is 6.51. The van der Waals surface area contributed by atoms with E-state index in [1.54, 1.807) is 0 Å². The van der Waals surface area contributed by atoms with Gasteiger partial charge in [-0.15, -0.1) is 0 Å². The number of hydrogen-bond donors (Lipinski definition) is 0. The Kier molecular flexibility index (Phi) is 6.96. The van der Waals surface area contributed by atoms with E-state index in [9.17, 15) is 0 Å². The predicted octanol–water partition coefficient (Wildman–Crippen LogP) is 5.76. The first-order chi connectivity index (χ1) is 7.51. The van der Waals surface area contributed by atoms with E-state index in [0.29, 0.717) is 17.1 Å². The molecule has 102 valence electrons. The number of halogens is 1. The molecule has 0 saturated heterocycles. The van der Waals surface area contributed by atoms with E-state index >= 15 is 0 Å². The summed E-state index contributed by atoms with van der Waals surface area (Å²) in [6.07, 6.45) is 3.77. The van der Waals surface area contributed by atoms with Gasteiger partial charge in [-0.05, 0) is 63.6 Å². The maximum absolute atomic E-state index is 6.51. The van der Waals surface area contributed by atoms with Crippen LogP contribution >= 0.6 is 22.6 Å². The fourth-order valence-corrected chi connectivity index (χ4v) is 3.65. The van der Waals surface area contributed by atoms with Crippen molar-refractivity contribution in [2.75, 3.05) is 0 Å². The van der Waals surface area contributed by atoms with Crippen molar-refractivity contribution in [1.82, 2.24) is 0 Å². The molecule has 0 radical (unpaired) electrons. The van der Waals surface area contributed by atoms with Gasteiger partial charge in [0, 0.05) is 0 Å². The Morgan fingerprint density at radius 1 is 1.35 bits per heavy atom. The van der Waals surface area contributed by atoms with Crippen molar-refractivity contribution < 1.29 is 4.43 Å². The first kappa shape index (κ1) is 17.6. The van der Waals surface area contributed by atoms with Crippen molar-refractivity contribution in [1.29, 1.82) is 0 Å². The Hall–Kier alpha value is 0.647. The van der Waals surface area contributed by atoms with Crippen molar-refractivity contribution in [2.45, 2.75) is 72.2 Å². The van der Waals surface area contributed by atoms with Gasteiger partial charge < -0.3 is 4.43 Å². The third kappa shape index (κ3) is 5.88. The van der Waals surface area contributed by atoms with E-state index in [1.165, 1.54) is 3.58 Å². The average Bonchev–Trinajstić information content (AvgIpc) is 2.10. The number of hydrogen-bond acceptors (Lipinski definition) is 1. The van der Waals surface area contributed by atoms with Crippen LogP contribution in [0.4, 0.5) is 0 Å². The van der Waals surface area contributed by atoms with Gasteiger partial charge in [-0.2, -0.15) is 0 Å². The van der Waals surface area contributed by atoms with Gasteiger partial charge >= 0.3 is 0 Å². The van der Waals surface area contributed by atoms with Crippen molar-refractivity contribution >= 4 is 30.9 Å². The molecule has 0 fully saturated rings. The Bertz CT molecular complexity index is 262. The predicted molar refractivity (Wildman–Crippen MR) is 89.3 cm³/mol. The van der Waals surface area contributed by atoms with Crippen molar-refractivity contribution in [2.24, 2.45) is 5.92 Å². The highest BCUT2D eigenvalue weighted by molar-refractivity contribution is 14.1. The van der Waals surface area contributed by atoms with Gasteiger partial charge in [-0.3, -0.25) is 0 Å². The molecule has 0 heterocycles. The van der Waals surface area contributed by atoms with Crippen LogP contribution in [0.2, 0.25) is 18.1 Å². The van der Waals surface area contributed by atoms with Gasteiger partial charge in [0.25, 0.3) is 0 Å². The molecule has 3 heteroatoms. The van der Waals surface area contributed by atoms with Crippen molar-refractivity contribution in [3.05, 3.63) is 9.66 Å². The molecule has 0 aliphatic carbocycles. The normalized spacial score (nSPS) is 18.1. The van der Waals surface area contributed by atoms with Gasteiger partial charge in [0.15, 0.2) is 8.32 Å². The van der Waals surface area contributed by atoms with Gasteiger partial charge in [0.05, 0.1) is 6.10 Å². The average molecular weight is 368 g/mol. The molecule has 17 heavy (non-hydrogen) atoms. The highest BCUT2D eigenvalue weighted by Gasteiger charge is 2.39. The van der Waals surface area contributed by atoms with Crippen LogP contribution in [0.3, 0.4) is 0 Å². The minimum Gasteiger partial charge on any atom is -0.413 e. The van der Waals surface area contributed by atoms with Gasteiger partial charge in [-0.1, -0.05) is 40.7 Å². The molecule has 0 amide bonds. The third-order valence-corrected chi connectivity index (χ3v) is 8.60. The molecule has 1 nitrogen and oxygen atoms in total. The first-order valence-corrected chi connectivity index (χ1v) is 10.5. The van der Waals surface area contributed by atoms with E-state index in [-0.39, 0.29) is 0 Å². The van der Waals surface area contributed by atoms with Crippen LogP contribution in [0.25, 0.3) is 0 Å². The molecule has 0 aromatic rings. The van der Waals surface area contributed by atoms with Crippen LogP contribution in [-0.4, -0.2) is 14.4 Å². The molecule has 0 bridgehead atoms. The largest absolute Gasteiger partial charge is 0.413 e. The highest BCUT2D eigenvalue weighted by Crippen LogP contribution is 2.38. The quantitative estimate of drug-likeness (QED) is 0.443. The molecular weight excluding hydrogens is 339 g/mol. The molecule has 2 atom stereocenters. The zero-order valence-corrected chi connectivity index (χ0v) is 15.9. The number of rotatable bonds is 5. The lowest BCUT2D eigenvalue weighted by molar-refractivity contribution is 0.141.